The molecule has 0 spiro atoms. The van der Waals surface area contributed by atoms with Crippen molar-refractivity contribution in [1.82, 2.24) is 10.3 Å². The summed E-state index contributed by atoms with van der Waals surface area (Å²) in [5.74, 6) is 1.29. The van der Waals surface area contributed by atoms with E-state index in [0.29, 0.717) is 5.92 Å². The lowest BCUT2D eigenvalue weighted by atomic mass is 9.98. The third-order valence-electron chi connectivity index (χ3n) is 3.05. The van der Waals surface area contributed by atoms with Crippen LogP contribution in [0, 0.1) is 17.2 Å². The molecule has 1 atom stereocenters. The first-order valence-electron chi connectivity index (χ1n) is 6.01. The van der Waals surface area contributed by atoms with Gasteiger partial charge in [-0.1, -0.05) is 13.0 Å². The fourth-order valence-electron chi connectivity index (χ4n) is 1.99. The first kappa shape index (κ1) is 12.4. The molecule has 1 aromatic rings. The van der Waals surface area contributed by atoms with Gasteiger partial charge >= 0.3 is 0 Å². The Kier molecular flexibility index (Phi) is 4.03. The van der Waals surface area contributed by atoms with Crippen LogP contribution < -0.4 is 5.32 Å². The standard InChI is InChI=1S/C13H17N3S/c1-2-16-13(9-14,11-6-7-11)10-17-12-5-3-4-8-15-12/h3-5,8,11,16H,2,6-7,10H2,1H3. The van der Waals surface area contributed by atoms with E-state index >= 15 is 0 Å². The predicted octanol–water partition coefficient (Wildman–Crippen LogP) is 2.46. The summed E-state index contributed by atoms with van der Waals surface area (Å²) in [5, 5.41) is 13.8. The van der Waals surface area contributed by atoms with Gasteiger partial charge in [0.05, 0.1) is 11.1 Å². The van der Waals surface area contributed by atoms with Gasteiger partial charge in [0.1, 0.15) is 5.54 Å². The van der Waals surface area contributed by atoms with Gasteiger partial charge in [-0.15, -0.1) is 11.8 Å². The number of rotatable bonds is 6. The molecule has 1 heterocycles. The monoisotopic (exact) mass is 247 g/mol. The van der Waals surface area contributed by atoms with E-state index in [1.165, 1.54) is 12.8 Å². The molecule has 4 heteroatoms. The first-order chi connectivity index (χ1) is 8.30. The van der Waals surface area contributed by atoms with Crippen molar-refractivity contribution in [2.75, 3.05) is 12.3 Å². The Morgan fingerprint density at radius 3 is 2.94 bits per heavy atom. The van der Waals surface area contributed by atoms with Crippen LogP contribution in [0.15, 0.2) is 29.4 Å². The molecule has 90 valence electrons. The summed E-state index contributed by atoms with van der Waals surface area (Å²) in [5.41, 5.74) is -0.364. The molecule has 0 radical (unpaired) electrons. The number of hydrogen-bond acceptors (Lipinski definition) is 4. The van der Waals surface area contributed by atoms with Crippen LogP contribution in [0.25, 0.3) is 0 Å². The summed E-state index contributed by atoms with van der Waals surface area (Å²) < 4.78 is 0. The van der Waals surface area contributed by atoms with E-state index in [1.807, 2.05) is 18.2 Å². The zero-order valence-electron chi connectivity index (χ0n) is 10.0. The van der Waals surface area contributed by atoms with Crippen LogP contribution in [0.3, 0.4) is 0 Å². The highest BCUT2D eigenvalue weighted by molar-refractivity contribution is 7.99. The van der Waals surface area contributed by atoms with Crippen molar-refractivity contribution in [3.8, 4) is 6.07 Å². The summed E-state index contributed by atoms with van der Waals surface area (Å²) in [4.78, 5) is 4.28. The predicted molar refractivity (Wildman–Crippen MR) is 69.7 cm³/mol. The van der Waals surface area contributed by atoms with Gasteiger partial charge in [0.25, 0.3) is 0 Å². The number of pyridine rings is 1. The molecule has 1 unspecified atom stereocenters. The average molecular weight is 247 g/mol. The fourth-order valence-corrected chi connectivity index (χ4v) is 3.08. The molecule has 1 N–H and O–H groups in total. The fraction of sp³-hybridized carbons (Fsp3) is 0.538. The Labute approximate surface area is 107 Å². The van der Waals surface area contributed by atoms with E-state index in [2.05, 4.69) is 23.3 Å². The molecular formula is C13H17N3S. The number of thioether (sulfide) groups is 1. The summed E-state index contributed by atoms with van der Waals surface area (Å²) in [6, 6.07) is 8.37. The molecule has 1 fully saturated rings. The average Bonchev–Trinajstić information content (AvgIpc) is 3.20. The van der Waals surface area contributed by atoms with Crippen molar-refractivity contribution in [3.05, 3.63) is 24.4 Å². The lowest BCUT2D eigenvalue weighted by Gasteiger charge is -2.26. The van der Waals surface area contributed by atoms with Crippen LogP contribution in [0.5, 0.6) is 0 Å². The minimum Gasteiger partial charge on any atom is -0.299 e. The smallest absolute Gasteiger partial charge is 0.119 e. The molecule has 1 aliphatic carbocycles. The summed E-state index contributed by atoms with van der Waals surface area (Å²) in [7, 11) is 0. The minimum atomic E-state index is -0.364. The number of nitrogens with zero attached hydrogens (tertiary/aromatic N) is 2. The van der Waals surface area contributed by atoms with Crippen LogP contribution in [0.4, 0.5) is 0 Å². The second kappa shape index (κ2) is 5.52. The zero-order chi connectivity index (χ0) is 12.1. The van der Waals surface area contributed by atoms with Crippen molar-refractivity contribution < 1.29 is 0 Å². The van der Waals surface area contributed by atoms with E-state index in [0.717, 1.165) is 17.3 Å². The molecule has 0 aromatic carbocycles. The Morgan fingerprint density at radius 1 is 1.59 bits per heavy atom. The Morgan fingerprint density at radius 2 is 2.41 bits per heavy atom. The highest BCUT2D eigenvalue weighted by Gasteiger charge is 2.45. The molecular weight excluding hydrogens is 230 g/mol. The van der Waals surface area contributed by atoms with Crippen molar-refractivity contribution in [2.24, 2.45) is 5.92 Å². The molecule has 0 amide bonds. The number of hydrogen-bond donors (Lipinski definition) is 1. The van der Waals surface area contributed by atoms with Gasteiger partial charge in [-0.2, -0.15) is 5.26 Å². The second-order valence-electron chi connectivity index (χ2n) is 4.34. The Hall–Kier alpha value is -1.05. The number of nitrogens with one attached hydrogen (secondary N) is 1. The maximum atomic E-state index is 9.45. The third kappa shape index (κ3) is 2.99. The van der Waals surface area contributed by atoms with Crippen LogP contribution in [-0.2, 0) is 0 Å². The second-order valence-corrected chi connectivity index (χ2v) is 5.34. The van der Waals surface area contributed by atoms with Gasteiger partial charge in [-0.3, -0.25) is 5.32 Å². The number of nitriles is 1. The lowest BCUT2D eigenvalue weighted by Crippen LogP contribution is -2.48. The first-order valence-corrected chi connectivity index (χ1v) is 6.99. The van der Waals surface area contributed by atoms with Gasteiger partial charge in [-0.05, 0) is 37.4 Å². The van der Waals surface area contributed by atoms with E-state index in [4.69, 9.17) is 0 Å². The Balaban J connectivity index is 2.01. The van der Waals surface area contributed by atoms with Gasteiger partial charge in [0, 0.05) is 11.9 Å². The van der Waals surface area contributed by atoms with Crippen LogP contribution >= 0.6 is 11.8 Å². The maximum absolute atomic E-state index is 9.45. The van der Waals surface area contributed by atoms with Gasteiger partial charge in [-0.25, -0.2) is 4.98 Å². The SMILES string of the molecule is CCNC(C#N)(CSc1ccccn1)C1CC1. The molecule has 1 aromatic heterocycles. The molecule has 3 nitrogen and oxygen atoms in total. The van der Waals surface area contributed by atoms with Crippen molar-refractivity contribution in [2.45, 2.75) is 30.3 Å². The van der Waals surface area contributed by atoms with E-state index in [1.54, 1.807) is 18.0 Å². The van der Waals surface area contributed by atoms with Gasteiger partial charge in [0.2, 0.25) is 0 Å². The lowest BCUT2D eigenvalue weighted by molar-refractivity contribution is 0.416. The van der Waals surface area contributed by atoms with E-state index < -0.39 is 0 Å². The Bertz CT molecular complexity index is 397. The number of aromatic nitrogens is 1. The van der Waals surface area contributed by atoms with Gasteiger partial charge in [0.15, 0.2) is 0 Å². The molecule has 0 saturated heterocycles. The summed E-state index contributed by atoms with van der Waals surface area (Å²) >= 11 is 1.66. The molecule has 2 rings (SSSR count). The van der Waals surface area contributed by atoms with Gasteiger partial charge < -0.3 is 0 Å². The van der Waals surface area contributed by atoms with Crippen molar-refractivity contribution in [1.29, 1.82) is 5.26 Å². The molecule has 17 heavy (non-hydrogen) atoms. The molecule has 0 aliphatic heterocycles. The van der Waals surface area contributed by atoms with E-state index in [9.17, 15) is 5.26 Å². The molecule has 0 bridgehead atoms. The normalized spacial score (nSPS) is 18.4. The molecule has 1 aliphatic rings. The summed E-state index contributed by atoms with van der Waals surface area (Å²) in [6.07, 6.45) is 4.13. The topological polar surface area (TPSA) is 48.7 Å². The van der Waals surface area contributed by atoms with Crippen LogP contribution in [0.1, 0.15) is 19.8 Å². The highest BCUT2D eigenvalue weighted by atomic mass is 32.2. The third-order valence-corrected chi connectivity index (χ3v) is 4.19. The van der Waals surface area contributed by atoms with Crippen molar-refractivity contribution in [3.63, 3.8) is 0 Å². The zero-order valence-corrected chi connectivity index (χ0v) is 10.8. The van der Waals surface area contributed by atoms with Crippen LogP contribution in [-0.4, -0.2) is 22.8 Å². The molecule has 1 saturated carbocycles. The van der Waals surface area contributed by atoms with Crippen molar-refractivity contribution >= 4 is 11.8 Å². The summed E-state index contributed by atoms with van der Waals surface area (Å²) in [6.45, 7) is 2.90. The van der Waals surface area contributed by atoms with E-state index in [-0.39, 0.29) is 5.54 Å². The quantitative estimate of drug-likeness (QED) is 0.784. The highest BCUT2D eigenvalue weighted by Crippen LogP contribution is 2.41. The maximum Gasteiger partial charge on any atom is 0.119 e. The van der Waals surface area contributed by atoms with Crippen LogP contribution in [0.2, 0.25) is 0 Å². The largest absolute Gasteiger partial charge is 0.299 e. The minimum absolute atomic E-state index is 0.364.